The molecule has 3 aliphatic heterocycles. The Hall–Kier alpha value is -3.37. The molecular weight excluding hydrogens is 488 g/mol. The smallest absolute Gasteiger partial charge is 0.278 e. The van der Waals surface area contributed by atoms with Crippen molar-refractivity contribution in [1.29, 1.82) is 0 Å². The van der Waals surface area contributed by atoms with Gasteiger partial charge in [0.25, 0.3) is 5.91 Å². The molecular formula is C26H23F2N3O4S. The molecule has 186 valence electrons. The molecule has 0 spiro atoms. The number of ether oxygens (including phenoxy) is 1. The van der Waals surface area contributed by atoms with Crippen LogP contribution in [0.4, 0.5) is 8.78 Å². The van der Waals surface area contributed by atoms with Gasteiger partial charge in [0.2, 0.25) is 5.43 Å². The molecule has 1 saturated heterocycles. The zero-order valence-electron chi connectivity index (χ0n) is 19.2. The van der Waals surface area contributed by atoms with Gasteiger partial charge < -0.3 is 14.7 Å². The van der Waals surface area contributed by atoms with Crippen molar-refractivity contribution in [3.05, 3.63) is 92.9 Å². The largest absolute Gasteiger partial charge is 0.502 e. The van der Waals surface area contributed by atoms with Crippen LogP contribution in [-0.2, 0) is 10.5 Å². The maximum absolute atomic E-state index is 15.1. The van der Waals surface area contributed by atoms with E-state index in [9.17, 15) is 19.1 Å². The van der Waals surface area contributed by atoms with Gasteiger partial charge in [-0.15, -0.1) is 11.8 Å². The third kappa shape index (κ3) is 3.58. The lowest BCUT2D eigenvalue weighted by atomic mass is 9.93. The second kappa shape index (κ2) is 8.94. The van der Waals surface area contributed by atoms with Crippen LogP contribution in [-0.4, -0.2) is 46.5 Å². The minimum Gasteiger partial charge on any atom is -0.502 e. The van der Waals surface area contributed by atoms with Crippen molar-refractivity contribution in [3.63, 3.8) is 0 Å². The van der Waals surface area contributed by atoms with Gasteiger partial charge in [-0.3, -0.25) is 19.3 Å². The Labute approximate surface area is 209 Å². The van der Waals surface area contributed by atoms with E-state index in [4.69, 9.17) is 4.74 Å². The molecule has 1 amide bonds. The lowest BCUT2D eigenvalue weighted by molar-refractivity contribution is 0.00984. The lowest BCUT2D eigenvalue weighted by Gasteiger charge is -2.47. The predicted molar refractivity (Wildman–Crippen MR) is 130 cm³/mol. The first-order valence-corrected chi connectivity index (χ1v) is 12.7. The summed E-state index contributed by atoms with van der Waals surface area (Å²) < 4.78 is 36.5. The molecule has 1 fully saturated rings. The van der Waals surface area contributed by atoms with Gasteiger partial charge in [0.1, 0.15) is 6.67 Å². The maximum atomic E-state index is 15.1. The Morgan fingerprint density at radius 1 is 1.06 bits per heavy atom. The summed E-state index contributed by atoms with van der Waals surface area (Å²) in [4.78, 5) is 28.5. The molecule has 10 heteroatoms. The second-order valence-corrected chi connectivity index (χ2v) is 10.1. The first-order valence-electron chi connectivity index (χ1n) is 11.7. The molecule has 6 rings (SSSR count). The van der Waals surface area contributed by atoms with Crippen molar-refractivity contribution < 1.29 is 23.4 Å². The SMILES string of the molecule is O=C1c2c(O)c(=O)ccn2N([C@@H]2c3ccccc3SCc3c2ccc(F)c3F)CN1[C@@H]1CCCOC1. The summed E-state index contributed by atoms with van der Waals surface area (Å²) in [6.07, 6.45) is 2.94. The Bertz CT molecular complexity index is 1420. The van der Waals surface area contributed by atoms with Crippen molar-refractivity contribution in [2.24, 2.45) is 0 Å². The maximum Gasteiger partial charge on any atom is 0.278 e. The lowest BCUT2D eigenvalue weighted by Crippen LogP contribution is -2.59. The standard InChI is InChI=1S/C26H23F2N3O4S/c27-19-8-7-16-18(22(19)28)13-36-21-6-2-1-5-17(21)23(16)31-14-29(15-4-3-11-35-12-15)26(34)24-25(33)20(32)9-10-30(24)31/h1-2,5-10,15,23,33H,3-4,11-14H2/t15-,23+/m1/s1. The Balaban J connectivity index is 1.59. The van der Waals surface area contributed by atoms with E-state index < -0.39 is 34.8 Å². The summed E-state index contributed by atoms with van der Waals surface area (Å²) in [5.41, 5.74) is 0.840. The van der Waals surface area contributed by atoms with E-state index in [2.05, 4.69) is 0 Å². The number of fused-ring (bicyclic) bond motifs is 3. The van der Waals surface area contributed by atoms with E-state index in [1.807, 2.05) is 29.3 Å². The average molecular weight is 512 g/mol. The van der Waals surface area contributed by atoms with E-state index >= 15 is 4.39 Å². The van der Waals surface area contributed by atoms with Crippen LogP contribution in [0.1, 0.15) is 46.1 Å². The average Bonchev–Trinajstić information content (AvgIpc) is 3.06. The van der Waals surface area contributed by atoms with Crippen LogP contribution in [0.2, 0.25) is 0 Å². The van der Waals surface area contributed by atoms with Gasteiger partial charge in [-0.2, -0.15) is 0 Å². The molecule has 0 unspecified atom stereocenters. The molecule has 2 atom stereocenters. The molecule has 4 heterocycles. The molecule has 0 saturated carbocycles. The molecule has 36 heavy (non-hydrogen) atoms. The minimum absolute atomic E-state index is 0.101. The van der Waals surface area contributed by atoms with Crippen LogP contribution < -0.4 is 10.4 Å². The Morgan fingerprint density at radius 3 is 2.69 bits per heavy atom. The molecule has 7 nitrogen and oxygen atoms in total. The first-order chi connectivity index (χ1) is 17.5. The zero-order chi connectivity index (χ0) is 25.0. The highest BCUT2D eigenvalue weighted by atomic mass is 32.2. The number of pyridine rings is 1. The number of thioether (sulfide) groups is 1. The summed E-state index contributed by atoms with van der Waals surface area (Å²) in [5.74, 6) is -2.70. The summed E-state index contributed by atoms with van der Waals surface area (Å²) in [5, 5.41) is 12.5. The normalized spacial score (nSPS) is 21.4. The molecule has 1 aromatic heterocycles. The number of hydrogen-bond acceptors (Lipinski definition) is 6. The van der Waals surface area contributed by atoms with Gasteiger partial charge in [-0.1, -0.05) is 24.3 Å². The van der Waals surface area contributed by atoms with Gasteiger partial charge in [0, 0.05) is 35.1 Å². The van der Waals surface area contributed by atoms with Crippen LogP contribution in [0.3, 0.4) is 0 Å². The van der Waals surface area contributed by atoms with Gasteiger partial charge in [-0.25, -0.2) is 8.78 Å². The van der Waals surface area contributed by atoms with E-state index in [1.54, 1.807) is 11.0 Å². The van der Waals surface area contributed by atoms with E-state index in [1.165, 1.54) is 28.7 Å². The fourth-order valence-corrected chi connectivity index (χ4v) is 6.41. The molecule has 3 aromatic rings. The molecule has 0 radical (unpaired) electrons. The van der Waals surface area contributed by atoms with Crippen molar-refractivity contribution in [2.45, 2.75) is 35.6 Å². The van der Waals surface area contributed by atoms with Crippen LogP contribution >= 0.6 is 11.8 Å². The number of carbonyl (C=O) groups excluding carboxylic acids is 1. The summed E-state index contributed by atoms with van der Waals surface area (Å²) in [7, 11) is 0. The number of benzene rings is 2. The van der Waals surface area contributed by atoms with E-state index in [0.717, 1.165) is 22.9 Å². The molecule has 0 bridgehead atoms. The highest BCUT2D eigenvalue weighted by molar-refractivity contribution is 7.98. The van der Waals surface area contributed by atoms with Crippen LogP contribution in [0, 0.1) is 11.6 Å². The Morgan fingerprint density at radius 2 is 1.89 bits per heavy atom. The van der Waals surface area contributed by atoms with Crippen molar-refractivity contribution >= 4 is 17.7 Å². The third-order valence-corrected chi connectivity index (χ3v) is 8.19. The number of aromatic hydroxyl groups is 1. The quantitative estimate of drug-likeness (QED) is 0.565. The Kier molecular flexibility index (Phi) is 5.72. The second-order valence-electron chi connectivity index (χ2n) is 9.11. The van der Waals surface area contributed by atoms with E-state index in [0.29, 0.717) is 25.2 Å². The summed E-state index contributed by atoms with van der Waals surface area (Å²) in [6.45, 7) is 1.05. The summed E-state index contributed by atoms with van der Waals surface area (Å²) in [6, 6.07) is 10.6. The molecule has 2 aromatic carbocycles. The minimum atomic E-state index is -0.921. The number of aromatic nitrogens is 1. The molecule has 0 aliphatic carbocycles. The number of carbonyl (C=O) groups is 1. The topological polar surface area (TPSA) is 75.0 Å². The highest BCUT2D eigenvalue weighted by Crippen LogP contribution is 2.44. The van der Waals surface area contributed by atoms with Gasteiger partial charge in [0.05, 0.1) is 18.7 Å². The predicted octanol–water partition coefficient (Wildman–Crippen LogP) is 3.76. The number of hydrogen-bond donors (Lipinski definition) is 1. The van der Waals surface area contributed by atoms with Gasteiger partial charge >= 0.3 is 0 Å². The molecule has 3 aliphatic rings. The zero-order valence-corrected chi connectivity index (χ0v) is 20.0. The fraction of sp³-hybridized carbons (Fsp3) is 0.308. The van der Waals surface area contributed by atoms with Crippen molar-refractivity contribution in [1.82, 2.24) is 9.58 Å². The monoisotopic (exact) mass is 511 g/mol. The first kappa shape index (κ1) is 23.1. The number of rotatable bonds is 2. The van der Waals surface area contributed by atoms with E-state index in [-0.39, 0.29) is 29.7 Å². The number of halogens is 2. The number of amides is 1. The fourth-order valence-electron chi connectivity index (χ4n) is 5.30. The van der Waals surface area contributed by atoms with Gasteiger partial charge in [0.15, 0.2) is 23.1 Å². The highest BCUT2D eigenvalue weighted by Gasteiger charge is 2.41. The van der Waals surface area contributed by atoms with Crippen LogP contribution in [0.15, 0.2) is 58.4 Å². The van der Waals surface area contributed by atoms with Gasteiger partial charge in [-0.05, 0) is 36.1 Å². The summed E-state index contributed by atoms with van der Waals surface area (Å²) >= 11 is 1.42. The van der Waals surface area contributed by atoms with Crippen molar-refractivity contribution in [2.75, 3.05) is 24.9 Å². The van der Waals surface area contributed by atoms with Crippen LogP contribution in [0.25, 0.3) is 0 Å². The van der Waals surface area contributed by atoms with Crippen LogP contribution in [0.5, 0.6) is 5.75 Å². The van der Waals surface area contributed by atoms with Crippen molar-refractivity contribution in [3.8, 4) is 5.75 Å². The molecule has 1 N–H and O–H groups in total. The third-order valence-electron chi connectivity index (χ3n) is 7.08. The number of nitrogens with zero attached hydrogens (tertiary/aromatic N) is 3.